The van der Waals surface area contributed by atoms with Crippen molar-refractivity contribution in [3.8, 4) is 5.75 Å². The largest absolute Gasteiger partial charge is 0.507 e. The fourth-order valence-corrected chi connectivity index (χ4v) is 3.96. The van der Waals surface area contributed by atoms with Gasteiger partial charge in [-0.25, -0.2) is 9.97 Å². The number of nitrogens with zero attached hydrogens (tertiary/aromatic N) is 4. The number of nitrogen functional groups attached to an aromatic ring is 1. The van der Waals surface area contributed by atoms with Crippen molar-refractivity contribution >= 4 is 56.1 Å². The molecule has 0 aliphatic rings. The molecule has 1 amide bonds. The predicted octanol–water partition coefficient (Wildman–Crippen LogP) is 4.83. The molecule has 33 heavy (non-hydrogen) atoms. The summed E-state index contributed by atoms with van der Waals surface area (Å²) in [5.74, 6) is -0.103. The standard InChI is InChI=1S/C24H25BrN6O2/c1-2-3-4-7-12-27-24(33)20-21-23(30-18-9-6-5-8-17(18)29-21)31(22(20)26)28-14-15-13-16(25)10-11-19(15)32/h5-6,8-11,13-14,32H,2-4,7,12,26H2,1H3,(H,27,33)/b28-14-. The third kappa shape index (κ3) is 4.83. The van der Waals surface area contributed by atoms with Gasteiger partial charge in [-0.05, 0) is 36.8 Å². The number of phenolic OH excluding ortho intramolecular Hbond substituents is 1. The molecule has 2 heterocycles. The highest BCUT2D eigenvalue weighted by Gasteiger charge is 2.24. The van der Waals surface area contributed by atoms with Gasteiger partial charge in [0.1, 0.15) is 22.6 Å². The number of carbonyl (C=O) groups excluding carboxylic acids is 1. The van der Waals surface area contributed by atoms with E-state index in [1.807, 2.05) is 24.3 Å². The average Bonchev–Trinajstić information content (AvgIpc) is 3.08. The maximum atomic E-state index is 13.1. The van der Waals surface area contributed by atoms with Gasteiger partial charge in [-0.2, -0.15) is 9.78 Å². The number of amides is 1. The highest BCUT2D eigenvalue weighted by molar-refractivity contribution is 9.10. The number of aromatic hydroxyl groups is 1. The van der Waals surface area contributed by atoms with Crippen molar-refractivity contribution in [3.63, 3.8) is 0 Å². The van der Waals surface area contributed by atoms with Crippen LogP contribution in [0.1, 0.15) is 48.5 Å². The van der Waals surface area contributed by atoms with Crippen LogP contribution in [0.2, 0.25) is 0 Å². The van der Waals surface area contributed by atoms with Gasteiger partial charge in [0.25, 0.3) is 5.91 Å². The van der Waals surface area contributed by atoms with E-state index in [-0.39, 0.29) is 23.0 Å². The Bertz CT molecular complexity index is 1350. The Labute approximate surface area is 199 Å². The zero-order valence-corrected chi connectivity index (χ0v) is 19.8. The molecule has 4 rings (SSSR count). The lowest BCUT2D eigenvalue weighted by Gasteiger charge is -2.05. The van der Waals surface area contributed by atoms with Crippen LogP contribution in [0.25, 0.3) is 22.2 Å². The number of para-hydroxylation sites is 2. The molecule has 4 aromatic rings. The van der Waals surface area contributed by atoms with Crippen molar-refractivity contribution < 1.29 is 9.90 Å². The van der Waals surface area contributed by atoms with Gasteiger partial charge in [0.05, 0.1) is 17.2 Å². The molecule has 9 heteroatoms. The van der Waals surface area contributed by atoms with Crippen LogP contribution in [0, 0.1) is 0 Å². The lowest BCUT2D eigenvalue weighted by molar-refractivity contribution is 0.0955. The Morgan fingerprint density at radius 3 is 2.70 bits per heavy atom. The van der Waals surface area contributed by atoms with Crippen LogP contribution in [-0.4, -0.2) is 38.4 Å². The maximum absolute atomic E-state index is 13.1. The normalized spacial score (nSPS) is 11.6. The molecule has 4 N–H and O–H groups in total. The quantitative estimate of drug-likeness (QED) is 0.232. The smallest absolute Gasteiger partial charge is 0.257 e. The average molecular weight is 509 g/mol. The van der Waals surface area contributed by atoms with Crippen LogP contribution >= 0.6 is 15.9 Å². The van der Waals surface area contributed by atoms with Crippen molar-refractivity contribution in [2.45, 2.75) is 32.6 Å². The number of halogens is 1. The lowest BCUT2D eigenvalue weighted by Crippen LogP contribution is -2.25. The summed E-state index contributed by atoms with van der Waals surface area (Å²) in [6, 6.07) is 12.4. The maximum Gasteiger partial charge on any atom is 0.257 e. The highest BCUT2D eigenvalue weighted by Crippen LogP contribution is 2.28. The SMILES string of the molecule is CCCCCCNC(=O)c1c(N)n(/N=C\c2cc(Br)ccc2O)c2nc3ccccc3nc12. The first-order chi connectivity index (χ1) is 16.0. The number of unbranched alkanes of at least 4 members (excludes halogenated alkanes) is 3. The molecule has 0 spiro atoms. The number of anilines is 1. The molecule has 0 unspecified atom stereocenters. The summed E-state index contributed by atoms with van der Waals surface area (Å²) in [7, 11) is 0. The molecular weight excluding hydrogens is 484 g/mol. The van der Waals surface area contributed by atoms with Gasteiger partial charge in [-0.3, -0.25) is 4.79 Å². The van der Waals surface area contributed by atoms with Crippen molar-refractivity contribution in [2.75, 3.05) is 12.3 Å². The molecule has 0 radical (unpaired) electrons. The second-order valence-corrected chi connectivity index (χ2v) is 8.64. The Balaban J connectivity index is 1.78. The molecule has 0 aliphatic heterocycles. The summed E-state index contributed by atoms with van der Waals surface area (Å²) in [6.45, 7) is 2.70. The minimum absolute atomic E-state index is 0.0681. The van der Waals surface area contributed by atoms with Crippen LogP contribution in [0.15, 0.2) is 52.0 Å². The van der Waals surface area contributed by atoms with E-state index in [1.165, 1.54) is 10.9 Å². The Hall–Kier alpha value is -3.46. The zero-order chi connectivity index (χ0) is 23.4. The third-order valence-electron chi connectivity index (χ3n) is 5.32. The molecule has 0 aliphatic carbocycles. The Kier molecular flexibility index (Phi) is 6.88. The molecule has 2 aromatic heterocycles. The summed E-state index contributed by atoms with van der Waals surface area (Å²) in [5.41, 5.74) is 9.21. The van der Waals surface area contributed by atoms with Gasteiger partial charge in [0, 0.05) is 16.6 Å². The van der Waals surface area contributed by atoms with Gasteiger partial charge < -0.3 is 16.2 Å². The molecule has 0 fully saturated rings. The molecule has 8 nitrogen and oxygen atoms in total. The topological polar surface area (TPSA) is 118 Å². The van der Waals surface area contributed by atoms with E-state index in [0.717, 1.165) is 30.2 Å². The van der Waals surface area contributed by atoms with E-state index in [4.69, 9.17) is 5.73 Å². The Morgan fingerprint density at radius 2 is 1.94 bits per heavy atom. The minimum atomic E-state index is -0.308. The fraction of sp³-hybridized carbons (Fsp3) is 0.250. The Morgan fingerprint density at radius 1 is 1.18 bits per heavy atom. The van der Waals surface area contributed by atoms with Crippen molar-refractivity contribution in [1.29, 1.82) is 0 Å². The lowest BCUT2D eigenvalue weighted by atomic mass is 10.2. The molecule has 2 aromatic carbocycles. The van der Waals surface area contributed by atoms with Crippen LogP contribution in [-0.2, 0) is 0 Å². The molecule has 0 bridgehead atoms. The summed E-state index contributed by atoms with van der Waals surface area (Å²) < 4.78 is 2.18. The van der Waals surface area contributed by atoms with Crippen LogP contribution in [0.4, 0.5) is 5.82 Å². The van der Waals surface area contributed by atoms with Crippen LogP contribution in [0.5, 0.6) is 5.75 Å². The van der Waals surface area contributed by atoms with Crippen molar-refractivity contribution in [3.05, 3.63) is 58.1 Å². The number of nitrogens with one attached hydrogen (secondary N) is 1. The predicted molar refractivity (Wildman–Crippen MR) is 135 cm³/mol. The summed E-state index contributed by atoms with van der Waals surface area (Å²) in [4.78, 5) is 22.4. The number of rotatable bonds is 8. The van der Waals surface area contributed by atoms with Gasteiger partial charge in [-0.15, -0.1) is 0 Å². The van der Waals surface area contributed by atoms with E-state index in [2.05, 4.69) is 43.2 Å². The summed E-state index contributed by atoms with van der Waals surface area (Å²) >= 11 is 3.39. The monoisotopic (exact) mass is 508 g/mol. The number of nitrogens with two attached hydrogens (primary N) is 1. The summed E-state index contributed by atoms with van der Waals surface area (Å²) in [6.07, 6.45) is 5.68. The van der Waals surface area contributed by atoms with Gasteiger partial charge in [-0.1, -0.05) is 54.2 Å². The van der Waals surface area contributed by atoms with E-state index in [0.29, 0.717) is 34.3 Å². The third-order valence-corrected chi connectivity index (χ3v) is 5.81. The second kappa shape index (κ2) is 9.99. The van der Waals surface area contributed by atoms with Crippen molar-refractivity contribution in [2.24, 2.45) is 5.10 Å². The molecule has 0 saturated carbocycles. The molecule has 0 saturated heterocycles. The van der Waals surface area contributed by atoms with Crippen LogP contribution < -0.4 is 11.1 Å². The van der Waals surface area contributed by atoms with Crippen molar-refractivity contribution in [1.82, 2.24) is 20.0 Å². The number of aromatic nitrogens is 3. The highest BCUT2D eigenvalue weighted by atomic mass is 79.9. The number of fused-ring (bicyclic) bond motifs is 2. The second-order valence-electron chi connectivity index (χ2n) is 7.72. The van der Waals surface area contributed by atoms with E-state index >= 15 is 0 Å². The van der Waals surface area contributed by atoms with E-state index in [1.54, 1.807) is 18.2 Å². The number of hydrogen-bond donors (Lipinski definition) is 3. The fourth-order valence-electron chi connectivity index (χ4n) is 3.58. The minimum Gasteiger partial charge on any atom is -0.507 e. The zero-order valence-electron chi connectivity index (χ0n) is 18.3. The summed E-state index contributed by atoms with van der Waals surface area (Å²) in [5, 5.41) is 17.5. The number of phenols is 1. The van der Waals surface area contributed by atoms with E-state index < -0.39 is 0 Å². The first-order valence-electron chi connectivity index (χ1n) is 10.9. The van der Waals surface area contributed by atoms with Gasteiger partial charge in [0.15, 0.2) is 5.65 Å². The first kappa shape index (κ1) is 22.7. The van der Waals surface area contributed by atoms with Gasteiger partial charge >= 0.3 is 0 Å². The van der Waals surface area contributed by atoms with Gasteiger partial charge in [0.2, 0.25) is 0 Å². The molecule has 170 valence electrons. The number of hydrogen-bond acceptors (Lipinski definition) is 6. The molecular formula is C24H25BrN6O2. The first-order valence-corrected chi connectivity index (χ1v) is 11.7. The molecule has 0 atom stereocenters. The van der Waals surface area contributed by atoms with E-state index in [9.17, 15) is 9.90 Å². The number of carbonyl (C=O) groups is 1. The number of benzene rings is 2. The van der Waals surface area contributed by atoms with Crippen LogP contribution in [0.3, 0.4) is 0 Å².